The Bertz CT molecular complexity index is 1230. The second-order valence-corrected chi connectivity index (χ2v) is 11.0. The van der Waals surface area contributed by atoms with Gasteiger partial charge in [-0.1, -0.05) is 30.3 Å². The van der Waals surface area contributed by atoms with E-state index in [1.165, 1.54) is 16.7 Å². The minimum absolute atomic E-state index is 0.123. The van der Waals surface area contributed by atoms with Gasteiger partial charge in [0.15, 0.2) is 0 Å². The molecule has 5 atom stereocenters. The highest BCUT2D eigenvalue weighted by molar-refractivity contribution is 5.79. The average molecular weight is 485 g/mol. The first-order valence-electron chi connectivity index (χ1n) is 13.4. The van der Waals surface area contributed by atoms with Gasteiger partial charge in [-0.25, -0.2) is 4.39 Å². The third-order valence-electron chi connectivity index (χ3n) is 8.80. The smallest absolute Gasteiger partial charge is 0.133 e. The third kappa shape index (κ3) is 4.66. The number of phenols is 1. The zero-order valence-corrected chi connectivity index (χ0v) is 20.5. The molecule has 1 N–H and O–H groups in total. The monoisotopic (exact) mass is 484 g/mol. The first-order chi connectivity index (χ1) is 17.5. The molecule has 3 nitrogen and oxygen atoms in total. The summed E-state index contributed by atoms with van der Waals surface area (Å²) in [5.41, 5.74) is 4.74. The zero-order valence-electron chi connectivity index (χ0n) is 20.5. The lowest BCUT2D eigenvalue weighted by Crippen LogP contribution is -2.35. The highest BCUT2D eigenvalue weighted by Gasteiger charge is 2.36. The van der Waals surface area contributed by atoms with Crippen molar-refractivity contribution in [2.24, 2.45) is 11.8 Å². The molecule has 3 aromatic rings. The van der Waals surface area contributed by atoms with E-state index in [2.05, 4.69) is 24.3 Å². The van der Waals surface area contributed by atoms with Gasteiger partial charge in [-0.15, -0.1) is 0 Å². The minimum Gasteiger partial charge on any atom is -0.508 e. The fourth-order valence-electron chi connectivity index (χ4n) is 7.00. The van der Waals surface area contributed by atoms with Crippen LogP contribution in [0.5, 0.6) is 11.5 Å². The van der Waals surface area contributed by atoms with Crippen LogP contribution in [0.15, 0.2) is 66.7 Å². The molecule has 0 radical (unpaired) electrons. The molecule has 0 saturated heterocycles. The molecule has 3 aliphatic rings. The minimum atomic E-state index is -0.218. The van der Waals surface area contributed by atoms with Gasteiger partial charge < -0.3 is 9.84 Å². The first kappa shape index (κ1) is 23.3. The fraction of sp³-hybridized carbons (Fsp3) is 0.406. The van der Waals surface area contributed by atoms with Crippen molar-refractivity contribution in [3.63, 3.8) is 0 Å². The van der Waals surface area contributed by atoms with Crippen molar-refractivity contribution in [2.45, 2.75) is 69.3 Å². The van der Waals surface area contributed by atoms with Crippen LogP contribution in [-0.4, -0.2) is 17.0 Å². The lowest BCUT2D eigenvalue weighted by Gasteiger charge is -2.38. The van der Waals surface area contributed by atoms with Gasteiger partial charge in [0.25, 0.3) is 0 Å². The van der Waals surface area contributed by atoms with E-state index < -0.39 is 0 Å². The number of Topliss-reactive ketones (excluding diaryl/α,β-unsaturated/α-hetero) is 1. The number of carbonyl (C=O) groups excluding carboxylic acids is 1. The van der Waals surface area contributed by atoms with Crippen molar-refractivity contribution >= 4 is 5.78 Å². The fourth-order valence-corrected chi connectivity index (χ4v) is 7.00. The van der Waals surface area contributed by atoms with Crippen LogP contribution < -0.4 is 4.74 Å². The zero-order chi connectivity index (χ0) is 24.6. The van der Waals surface area contributed by atoms with Crippen LogP contribution in [0.4, 0.5) is 4.39 Å². The number of aryl methyl sites for hydroxylation is 1. The molecule has 2 saturated carbocycles. The van der Waals surface area contributed by atoms with Crippen molar-refractivity contribution < 1.29 is 19.0 Å². The lowest BCUT2D eigenvalue weighted by molar-refractivity contribution is -0.123. The number of halogens is 1. The van der Waals surface area contributed by atoms with E-state index in [0.29, 0.717) is 23.4 Å². The number of benzene rings is 3. The molecule has 0 heterocycles. The molecule has 4 heteroatoms. The summed E-state index contributed by atoms with van der Waals surface area (Å²) in [4.78, 5) is 11.9. The predicted molar refractivity (Wildman–Crippen MR) is 138 cm³/mol. The van der Waals surface area contributed by atoms with Crippen molar-refractivity contribution in [1.82, 2.24) is 0 Å². The Balaban J connectivity index is 1.24. The largest absolute Gasteiger partial charge is 0.508 e. The van der Waals surface area contributed by atoms with Crippen LogP contribution in [0, 0.1) is 17.7 Å². The van der Waals surface area contributed by atoms with Crippen LogP contribution in [0.2, 0.25) is 0 Å². The molecule has 36 heavy (non-hydrogen) atoms. The summed E-state index contributed by atoms with van der Waals surface area (Å²) in [6.07, 6.45) is 7.74. The van der Waals surface area contributed by atoms with E-state index in [9.17, 15) is 14.3 Å². The molecule has 0 aliphatic heterocycles. The quantitative estimate of drug-likeness (QED) is 0.422. The third-order valence-corrected chi connectivity index (χ3v) is 8.80. The highest BCUT2D eigenvalue weighted by Crippen LogP contribution is 2.47. The Kier molecular flexibility index (Phi) is 6.29. The van der Waals surface area contributed by atoms with Gasteiger partial charge in [0, 0.05) is 18.8 Å². The van der Waals surface area contributed by atoms with Crippen LogP contribution in [0.25, 0.3) is 0 Å². The van der Waals surface area contributed by atoms with E-state index in [1.54, 1.807) is 18.2 Å². The highest BCUT2D eigenvalue weighted by atomic mass is 19.1. The number of aromatic hydroxyl groups is 1. The van der Waals surface area contributed by atoms with Gasteiger partial charge in [-0.05, 0) is 115 Å². The molecule has 0 amide bonds. The molecule has 186 valence electrons. The van der Waals surface area contributed by atoms with Crippen molar-refractivity contribution in [2.75, 3.05) is 0 Å². The molecule has 3 aromatic carbocycles. The van der Waals surface area contributed by atoms with Crippen LogP contribution >= 0.6 is 0 Å². The maximum Gasteiger partial charge on any atom is 0.133 e. The number of hydrogen-bond donors (Lipinski definition) is 1. The summed E-state index contributed by atoms with van der Waals surface area (Å²) >= 11 is 0. The molecule has 0 aromatic heterocycles. The summed E-state index contributed by atoms with van der Waals surface area (Å²) < 4.78 is 20.1. The molecule has 2 fully saturated rings. The average Bonchev–Trinajstić information content (AvgIpc) is 2.89. The van der Waals surface area contributed by atoms with Crippen LogP contribution in [0.1, 0.15) is 79.0 Å². The molecule has 0 bridgehead atoms. The summed E-state index contributed by atoms with van der Waals surface area (Å²) in [6, 6.07) is 21.1. The van der Waals surface area contributed by atoms with E-state index >= 15 is 0 Å². The van der Waals surface area contributed by atoms with Crippen LogP contribution in [0.3, 0.4) is 0 Å². The van der Waals surface area contributed by atoms with Gasteiger partial charge in [-0.2, -0.15) is 0 Å². The number of ketones is 1. The second-order valence-electron chi connectivity index (χ2n) is 11.0. The number of ether oxygens (including phenoxy) is 1. The normalized spacial score (nSPS) is 27.7. The van der Waals surface area contributed by atoms with Crippen molar-refractivity contribution in [1.29, 1.82) is 0 Å². The predicted octanol–water partition coefficient (Wildman–Crippen LogP) is 7.31. The Morgan fingerprint density at radius 2 is 1.58 bits per heavy atom. The SMILES string of the molecule is O=C1CCC2CCC(Oc3ccc([C@@H]4c5ccc(O)cc5CC[C@@H]4c4ccc(F)cc4)cc3)CC2C1. The molecule has 6 rings (SSSR count). The Hall–Kier alpha value is -3.14. The summed E-state index contributed by atoms with van der Waals surface area (Å²) in [5.74, 6) is 2.90. The Morgan fingerprint density at radius 3 is 2.39 bits per heavy atom. The topological polar surface area (TPSA) is 46.5 Å². The van der Waals surface area contributed by atoms with E-state index in [-0.39, 0.29) is 23.8 Å². The van der Waals surface area contributed by atoms with Crippen molar-refractivity contribution in [3.05, 3.63) is 94.8 Å². The maximum atomic E-state index is 13.6. The van der Waals surface area contributed by atoms with E-state index in [0.717, 1.165) is 62.7 Å². The second kappa shape index (κ2) is 9.72. The molecule has 3 aliphatic carbocycles. The maximum absolute atomic E-state index is 13.6. The summed E-state index contributed by atoms with van der Waals surface area (Å²) in [6.45, 7) is 0. The first-order valence-corrected chi connectivity index (χ1v) is 13.4. The molecular formula is C32H33FO3. The molecular weight excluding hydrogens is 451 g/mol. The van der Waals surface area contributed by atoms with Gasteiger partial charge in [0.2, 0.25) is 0 Å². The summed E-state index contributed by atoms with van der Waals surface area (Å²) in [7, 11) is 0. The van der Waals surface area contributed by atoms with E-state index in [4.69, 9.17) is 4.74 Å². The number of hydrogen-bond acceptors (Lipinski definition) is 3. The number of carbonyl (C=O) groups is 1. The summed E-state index contributed by atoms with van der Waals surface area (Å²) in [5, 5.41) is 10.1. The molecule has 3 unspecified atom stereocenters. The van der Waals surface area contributed by atoms with Gasteiger partial charge in [0.05, 0.1) is 6.10 Å². The van der Waals surface area contributed by atoms with Gasteiger partial charge in [0.1, 0.15) is 23.1 Å². The van der Waals surface area contributed by atoms with Crippen molar-refractivity contribution in [3.8, 4) is 11.5 Å². The Morgan fingerprint density at radius 1 is 0.806 bits per heavy atom. The lowest BCUT2D eigenvalue weighted by atomic mass is 9.69. The van der Waals surface area contributed by atoms with Gasteiger partial charge in [-0.3, -0.25) is 4.79 Å². The molecule has 0 spiro atoms. The van der Waals surface area contributed by atoms with Gasteiger partial charge >= 0.3 is 0 Å². The number of rotatable bonds is 4. The number of fused-ring (bicyclic) bond motifs is 2. The standard InChI is InChI=1S/C32H33FO3/c33-25-8-1-21(2-9-25)30-15-7-23-17-27(35)11-16-31(23)32(30)22-5-12-28(13-6-22)36-29-14-4-20-3-10-26(34)18-24(20)19-29/h1-2,5-6,8-9,11-13,16-17,20,24,29-30,32,35H,3-4,7,10,14-15,18-19H2/t20?,24?,29?,30-,32+/m1/s1. The van der Waals surface area contributed by atoms with E-state index in [1.807, 2.05) is 24.3 Å². The van der Waals surface area contributed by atoms with Crippen LogP contribution in [-0.2, 0) is 11.2 Å². The Labute approximate surface area is 212 Å². The number of phenolic OH excluding ortho intramolecular Hbond substituents is 1.